The van der Waals surface area contributed by atoms with Crippen molar-refractivity contribution in [2.24, 2.45) is 5.41 Å². The smallest absolute Gasteiger partial charge is 0.251 e. The van der Waals surface area contributed by atoms with Crippen molar-refractivity contribution in [2.45, 2.75) is 63.4 Å². The zero-order valence-corrected chi connectivity index (χ0v) is 39.8. The number of morpholine rings is 1. The number of halogens is 1. The Morgan fingerprint density at radius 2 is 1.64 bits per heavy atom. The van der Waals surface area contributed by atoms with E-state index in [0.29, 0.717) is 18.2 Å². The van der Waals surface area contributed by atoms with Crippen LogP contribution in [0.15, 0.2) is 108 Å². The second kappa shape index (κ2) is 23.0. The molecule has 4 aliphatic rings. The van der Waals surface area contributed by atoms with Crippen molar-refractivity contribution in [2.75, 3.05) is 114 Å². The van der Waals surface area contributed by atoms with Crippen molar-refractivity contribution in [3.05, 3.63) is 130 Å². The van der Waals surface area contributed by atoms with Gasteiger partial charge in [-0.25, -0.2) is 0 Å². The van der Waals surface area contributed by atoms with Gasteiger partial charge in [-0.1, -0.05) is 66.6 Å². The molecule has 3 saturated heterocycles. The average Bonchev–Trinajstić information content (AvgIpc) is 3.59. The highest BCUT2D eigenvalue weighted by Gasteiger charge is 2.34. The number of nitrogens with one attached hydrogen (secondary N) is 3. The van der Waals surface area contributed by atoms with Crippen LogP contribution >= 0.6 is 23.4 Å². The summed E-state index contributed by atoms with van der Waals surface area (Å²) >= 11 is 8.24. The summed E-state index contributed by atoms with van der Waals surface area (Å²) in [5.41, 5.74) is 10.1. The summed E-state index contributed by atoms with van der Waals surface area (Å²) in [6.07, 6.45) is 5.78. The first-order valence-corrected chi connectivity index (χ1v) is 25.2. The van der Waals surface area contributed by atoms with E-state index in [1.54, 1.807) is 5.57 Å². The van der Waals surface area contributed by atoms with Crippen LogP contribution in [-0.4, -0.2) is 131 Å². The van der Waals surface area contributed by atoms with E-state index >= 15 is 0 Å². The van der Waals surface area contributed by atoms with Gasteiger partial charge in [0.25, 0.3) is 5.91 Å². The minimum Gasteiger partial charge on any atom is -0.381 e. The minimum absolute atomic E-state index is 0.0471. The van der Waals surface area contributed by atoms with Gasteiger partial charge in [0.05, 0.1) is 13.2 Å². The normalized spacial score (nSPS) is 21.1. The number of benzene rings is 4. The van der Waals surface area contributed by atoms with Gasteiger partial charge in [0, 0.05) is 117 Å². The summed E-state index contributed by atoms with van der Waals surface area (Å²) in [5.74, 6) is 0.942. The minimum atomic E-state index is -0.0471. The number of carbonyl (C=O) groups excluding carboxylic acids is 1. The molecule has 342 valence electrons. The molecule has 3 aliphatic heterocycles. The fraction of sp³-hybridized carbons (Fsp3) is 0.491. The topological polar surface area (TPSA) is 75.4 Å². The largest absolute Gasteiger partial charge is 0.381 e. The van der Waals surface area contributed by atoms with Crippen LogP contribution in [0, 0.1) is 12.3 Å². The number of hydrogen-bond donors (Lipinski definition) is 3. The molecular formula is C53H70ClN7O2S. The molecule has 9 nitrogen and oxygen atoms in total. The first-order chi connectivity index (χ1) is 31.2. The van der Waals surface area contributed by atoms with E-state index in [-0.39, 0.29) is 11.3 Å². The van der Waals surface area contributed by atoms with Gasteiger partial charge in [0.2, 0.25) is 0 Å². The van der Waals surface area contributed by atoms with E-state index in [0.717, 1.165) is 126 Å². The second-order valence-electron chi connectivity index (χ2n) is 18.8. The van der Waals surface area contributed by atoms with Gasteiger partial charge in [-0.05, 0) is 134 Å². The number of rotatable bonds is 17. The molecule has 1 amide bonds. The Balaban J connectivity index is 0.824. The highest BCUT2D eigenvalue weighted by molar-refractivity contribution is 7.99. The van der Waals surface area contributed by atoms with E-state index in [1.807, 2.05) is 36.0 Å². The third-order valence-electron chi connectivity index (χ3n) is 13.8. The van der Waals surface area contributed by atoms with Crippen LogP contribution in [0.4, 0.5) is 11.4 Å². The lowest BCUT2D eigenvalue weighted by Gasteiger charge is -2.42. The zero-order valence-electron chi connectivity index (χ0n) is 38.3. The van der Waals surface area contributed by atoms with Crippen LogP contribution in [0.25, 0.3) is 5.57 Å². The molecule has 4 aromatic carbocycles. The molecule has 2 atom stereocenters. The first-order valence-electron chi connectivity index (χ1n) is 23.8. The number of carbonyl (C=O) groups is 1. The quantitative estimate of drug-likeness (QED) is 0.0902. The molecule has 64 heavy (non-hydrogen) atoms. The number of piperazine rings is 1. The van der Waals surface area contributed by atoms with Gasteiger partial charge in [-0.15, -0.1) is 11.8 Å². The second-order valence-corrected chi connectivity index (χ2v) is 20.3. The Kier molecular flexibility index (Phi) is 16.8. The molecule has 0 spiro atoms. The first kappa shape index (κ1) is 46.7. The van der Waals surface area contributed by atoms with Crippen LogP contribution in [0.2, 0.25) is 5.02 Å². The lowest BCUT2D eigenvalue weighted by Crippen LogP contribution is -2.47. The molecule has 0 aromatic heterocycles. The molecule has 0 saturated carbocycles. The number of thioether (sulfide) groups is 1. The number of allylic oxidation sites excluding steroid dienone is 1. The van der Waals surface area contributed by atoms with Gasteiger partial charge < -0.3 is 30.5 Å². The van der Waals surface area contributed by atoms with Crippen molar-refractivity contribution >= 4 is 46.2 Å². The third-order valence-corrected chi connectivity index (χ3v) is 15.2. The number of nitrogens with zero attached hydrogens (tertiary/aromatic N) is 4. The molecule has 0 bridgehead atoms. The van der Waals surface area contributed by atoms with Gasteiger partial charge >= 0.3 is 0 Å². The number of anilines is 2. The van der Waals surface area contributed by atoms with Gasteiger partial charge in [-0.2, -0.15) is 0 Å². The SMILES string of the molecule is Cc1cc(CNC(=O)c2ccc(N3CCN(CC4=C(c5ccc(Cl)cc5)CCC(C)(CN5CCCNCC5)C4)CC3)cc2)ccc1N[C@H](CCN1CCOCC1)CSc1ccccc1. The Morgan fingerprint density at radius 3 is 2.41 bits per heavy atom. The number of aryl methyl sites for hydroxylation is 1. The fourth-order valence-electron chi connectivity index (χ4n) is 10.0. The maximum Gasteiger partial charge on any atom is 0.251 e. The summed E-state index contributed by atoms with van der Waals surface area (Å²) in [4.78, 5) is 25.0. The Labute approximate surface area is 392 Å². The van der Waals surface area contributed by atoms with Crippen molar-refractivity contribution in [3.8, 4) is 0 Å². The summed E-state index contributed by atoms with van der Waals surface area (Å²) in [6.45, 7) is 20.6. The van der Waals surface area contributed by atoms with E-state index < -0.39 is 0 Å². The van der Waals surface area contributed by atoms with E-state index in [1.165, 1.54) is 53.2 Å². The predicted octanol–water partition coefficient (Wildman–Crippen LogP) is 8.93. The zero-order chi connectivity index (χ0) is 44.1. The molecule has 0 radical (unpaired) electrons. The third kappa shape index (κ3) is 13.4. The lowest BCUT2D eigenvalue weighted by molar-refractivity contribution is 0.0370. The van der Waals surface area contributed by atoms with E-state index in [9.17, 15) is 4.79 Å². The Hall–Kier alpha value is -3.87. The summed E-state index contributed by atoms with van der Waals surface area (Å²) in [7, 11) is 0. The maximum absolute atomic E-state index is 13.4. The molecule has 8 rings (SSSR count). The average molecular weight is 905 g/mol. The van der Waals surface area contributed by atoms with E-state index in [4.69, 9.17) is 16.3 Å². The van der Waals surface area contributed by atoms with Crippen LogP contribution in [0.5, 0.6) is 0 Å². The molecule has 3 heterocycles. The molecule has 4 aromatic rings. The molecule has 3 N–H and O–H groups in total. The lowest BCUT2D eigenvalue weighted by atomic mass is 9.71. The van der Waals surface area contributed by atoms with Crippen molar-refractivity contribution in [3.63, 3.8) is 0 Å². The molecule has 3 fully saturated rings. The van der Waals surface area contributed by atoms with Crippen LogP contribution in [0.3, 0.4) is 0 Å². The maximum atomic E-state index is 13.4. The van der Waals surface area contributed by atoms with E-state index in [2.05, 4.69) is 122 Å². The number of amides is 1. The fourth-order valence-corrected chi connectivity index (χ4v) is 11.2. The summed E-state index contributed by atoms with van der Waals surface area (Å²) < 4.78 is 5.58. The number of hydrogen-bond acceptors (Lipinski definition) is 9. The number of ether oxygens (including phenoxy) is 1. The Morgan fingerprint density at radius 1 is 0.859 bits per heavy atom. The van der Waals surface area contributed by atoms with Crippen LogP contribution < -0.4 is 20.9 Å². The molecule has 1 unspecified atom stereocenters. The molecular weight excluding hydrogens is 834 g/mol. The Bertz CT molecular complexity index is 2110. The monoisotopic (exact) mass is 904 g/mol. The van der Waals surface area contributed by atoms with Crippen molar-refractivity contribution in [1.29, 1.82) is 0 Å². The summed E-state index contributed by atoms with van der Waals surface area (Å²) in [5, 5.41) is 11.4. The predicted molar refractivity (Wildman–Crippen MR) is 268 cm³/mol. The molecule has 11 heteroatoms. The molecule has 1 aliphatic carbocycles. The highest BCUT2D eigenvalue weighted by atomic mass is 35.5. The van der Waals surface area contributed by atoms with Crippen molar-refractivity contribution < 1.29 is 9.53 Å². The van der Waals surface area contributed by atoms with Crippen LogP contribution in [-0.2, 0) is 11.3 Å². The van der Waals surface area contributed by atoms with Gasteiger partial charge in [-0.3, -0.25) is 14.6 Å². The van der Waals surface area contributed by atoms with Crippen LogP contribution in [0.1, 0.15) is 66.1 Å². The standard InChI is InChI=1S/C53H70ClN7O2S/c1-41-35-42(9-18-51(41)57-47(20-25-58-31-33-63-34-32-58)39-64-49-7-4-3-5-8-49)37-56-52(62)44-12-16-48(17-13-44)61-29-27-59(28-30-61)38-45-36-53(2,40-60-24-6-22-55-23-26-60)21-19-50(45)43-10-14-46(54)15-11-43/h3-5,7-18,35,47,55,57H,6,19-34,36-40H2,1-2H3,(H,56,62)/t47-,53?/m1/s1. The van der Waals surface area contributed by atoms with Gasteiger partial charge in [0.1, 0.15) is 0 Å². The van der Waals surface area contributed by atoms with Gasteiger partial charge in [0.15, 0.2) is 0 Å². The van der Waals surface area contributed by atoms with Crippen molar-refractivity contribution in [1.82, 2.24) is 25.3 Å². The summed E-state index contributed by atoms with van der Waals surface area (Å²) in [6, 6.07) is 34.2. The highest BCUT2D eigenvalue weighted by Crippen LogP contribution is 2.44.